The second-order valence-electron chi connectivity index (χ2n) is 6.28. The Kier molecular flexibility index (Phi) is 3.98. The summed E-state index contributed by atoms with van der Waals surface area (Å²) >= 11 is 5.89. The molecular formula is C15H20ClNO3. The molecule has 1 saturated heterocycles. The fourth-order valence-electron chi connectivity index (χ4n) is 1.75. The van der Waals surface area contributed by atoms with Crippen LogP contribution in [0.25, 0.3) is 0 Å². The SMILES string of the molecule is CC(C)(C)OC(=O)N(CC1(C)CO1)c1ccc(Cl)cc1. The number of benzene rings is 1. The number of hydrogen-bond donors (Lipinski definition) is 0. The zero-order valence-electron chi connectivity index (χ0n) is 12.3. The molecule has 4 nitrogen and oxygen atoms in total. The van der Waals surface area contributed by atoms with Gasteiger partial charge in [0.05, 0.1) is 13.2 Å². The molecule has 0 N–H and O–H groups in total. The number of halogens is 1. The van der Waals surface area contributed by atoms with Crippen molar-refractivity contribution in [3.8, 4) is 0 Å². The van der Waals surface area contributed by atoms with Gasteiger partial charge in [-0.15, -0.1) is 0 Å². The van der Waals surface area contributed by atoms with Crippen LogP contribution >= 0.6 is 11.6 Å². The molecule has 1 fully saturated rings. The van der Waals surface area contributed by atoms with Crippen LogP contribution < -0.4 is 4.90 Å². The summed E-state index contributed by atoms with van der Waals surface area (Å²) in [6.07, 6.45) is -0.378. The third-order valence-corrected chi connectivity index (χ3v) is 3.13. The lowest BCUT2D eigenvalue weighted by molar-refractivity contribution is 0.0571. The van der Waals surface area contributed by atoms with E-state index in [0.717, 1.165) is 5.69 Å². The van der Waals surface area contributed by atoms with Crippen molar-refractivity contribution in [2.75, 3.05) is 18.1 Å². The molecule has 1 atom stereocenters. The number of amides is 1. The highest BCUT2D eigenvalue weighted by atomic mass is 35.5. The molecule has 1 unspecified atom stereocenters. The molecule has 20 heavy (non-hydrogen) atoms. The quantitative estimate of drug-likeness (QED) is 0.795. The van der Waals surface area contributed by atoms with Gasteiger partial charge in [-0.05, 0) is 52.0 Å². The summed E-state index contributed by atoms with van der Waals surface area (Å²) in [6, 6.07) is 7.12. The highest BCUT2D eigenvalue weighted by molar-refractivity contribution is 6.30. The van der Waals surface area contributed by atoms with E-state index in [9.17, 15) is 4.79 Å². The number of rotatable bonds is 3. The van der Waals surface area contributed by atoms with Crippen LogP contribution in [0.5, 0.6) is 0 Å². The molecule has 1 amide bonds. The highest BCUT2D eigenvalue weighted by Gasteiger charge is 2.43. The highest BCUT2D eigenvalue weighted by Crippen LogP contribution is 2.30. The average Bonchev–Trinajstić information content (AvgIpc) is 3.04. The molecule has 1 aromatic rings. The van der Waals surface area contributed by atoms with Crippen molar-refractivity contribution in [2.24, 2.45) is 0 Å². The van der Waals surface area contributed by atoms with E-state index in [1.807, 2.05) is 27.7 Å². The smallest absolute Gasteiger partial charge is 0.414 e. The molecule has 0 aliphatic carbocycles. The molecular weight excluding hydrogens is 278 g/mol. The first-order chi connectivity index (χ1) is 9.19. The van der Waals surface area contributed by atoms with Crippen LogP contribution in [-0.4, -0.2) is 30.4 Å². The molecule has 5 heteroatoms. The minimum Gasteiger partial charge on any atom is -0.443 e. The number of nitrogens with zero attached hydrogens (tertiary/aromatic N) is 1. The van der Waals surface area contributed by atoms with Crippen LogP contribution in [0.2, 0.25) is 5.02 Å². The average molecular weight is 298 g/mol. The van der Waals surface area contributed by atoms with Gasteiger partial charge >= 0.3 is 6.09 Å². The Morgan fingerprint density at radius 2 is 1.95 bits per heavy atom. The number of ether oxygens (including phenoxy) is 2. The van der Waals surface area contributed by atoms with Gasteiger partial charge in [-0.25, -0.2) is 4.79 Å². The Morgan fingerprint density at radius 1 is 1.40 bits per heavy atom. The summed E-state index contributed by atoms with van der Waals surface area (Å²) < 4.78 is 10.8. The number of epoxide rings is 1. The van der Waals surface area contributed by atoms with E-state index in [1.54, 1.807) is 29.2 Å². The van der Waals surface area contributed by atoms with E-state index < -0.39 is 5.60 Å². The van der Waals surface area contributed by atoms with E-state index >= 15 is 0 Å². The van der Waals surface area contributed by atoms with Gasteiger partial charge < -0.3 is 9.47 Å². The summed E-state index contributed by atoms with van der Waals surface area (Å²) in [4.78, 5) is 14.0. The van der Waals surface area contributed by atoms with E-state index in [1.165, 1.54) is 0 Å². The van der Waals surface area contributed by atoms with E-state index in [-0.39, 0.29) is 11.7 Å². The van der Waals surface area contributed by atoms with Gasteiger partial charge in [0.1, 0.15) is 11.2 Å². The van der Waals surface area contributed by atoms with Crippen LogP contribution in [0.4, 0.5) is 10.5 Å². The van der Waals surface area contributed by atoms with Gasteiger partial charge in [-0.2, -0.15) is 0 Å². The fraction of sp³-hybridized carbons (Fsp3) is 0.533. The lowest BCUT2D eigenvalue weighted by Crippen LogP contribution is -2.41. The summed E-state index contributed by atoms with van der Waals surface area (Å²) in [5, 5.41) is 0.631. The first-order valence-corrected chi connectivity index (χ1v) is 6.96. The Labute approximate surface area is 124 Å². The van der Waals surface area contributed by atoms with Crippen LogP contribution in [0, 0.1) is 0 Å². The maximum Gasteiger partial charge on any atom is 0.414 e. The third kappa shape index (κ3) is 4.12. The molecule has 0 spiro atoms. The predicted octanol–water partition coefficient (Wildman–Crippen LogP) is 3.87. The third-order valence-electron chi connectivity index (χ3n) is 2.88. The van der Waals surface area contributed by atoms with Crippen molar-refractivity contribution >= 4 is 23.4 Å². The van der Waals surface area contributed by atoms with Gasteiger partial charge in [0, 0.05) is 10.7 Å². The molecule has 110 valence electrons. The van der Waals surface area contributed by atoms with Crippen molar-refractivity contribution in [2.45, 2.75) is 38.9 Å². The van der Waals surface area contributed by atoms with Crippen molar-refractivity contribution in [3.63, 3.8) is 0 Å². The van der Waals surface area contributed by atoms with Crippen molar-refractivity contribution in [1.29, 1.82) is 0 Å². The van der Waals surface area contributed by atoms with E-state index in [0.29, 0.717) is 18.2 Å². The normalized spacial score (nSPS) is 21.4. The fourth-order valence-corrected chi connectivity index (χ4v) is 1.87. The molecule has 0 aromatic heterocycles. The summed E-state index contributed by atoms with van der Waals surface area (Å²) in [6.45, 7) is 8.63. The first kappa shape index (κ1) is 15.1. The number of carbonyl (C=O) groups excluding carboxylic acids is 1. The Bertz CT molecular complexity index is 489. The van der Waals surface area contributed by atoms with E-state index in [4.69, 9.17) is 21.1 Å². The van der Waals surface area contributed by atoms with Crippen molar-refractivity contribution in [3.05, 3.63) is 29.3 Å². The topological polar surface area (TPSA) is 42.1 Å². The van der Waals surface area contributed by atoms with Gasteiger partial charge in [0.25, 0.3) is 0 Å². The van der Waals surface area contributed by atoms with Crippen LogP contribution in [-0.2, 0) is 9.47 Å². The lowest BCUT2D eigenvalue weighted by atomic mass is 10.1. The zero-order valence-corrected chi connectivity index (χ0v) is 13.0. The summed E-state index contributed by atoms with van der Waals surface area (Å²) in [5.74, 6) is 0. The van der Waals surface area contributed by atoms with Gasteiger partial charge in [0.2, 0.25) is 0 Å². The zero-order chi connectivity index (χ0) is 15.0. The van der Waals surface area contributed by atoms with E-state index in [2.05, 4.69) is 0 Å². The minimum absolute atomic E-state index is 0.281. The maximum absolute atomic E-state index is 12.4. The molecule has 0 radical (unpaired) electrons. The largest absolute Gasteiger partial charge is 0.443 e. The molecule has 0 saturated carbocycles. The Balaban J connectivity index is 2.20. The maximum atomic E-state index is 12.4. The molecule has 1 aliphatic heterocycles. The minimum atomic E-state index is -0.535. The Hall–Kier alpha value is -1.26. The molecule has 1 aliphatic rings. The predicted molar refractivity (Wildman–Crippen MR) is 79.4 cm³/mol. The number of hydrogen-bond acceptors (Lipinski definition) is 3. The molecule has 1 aromatic carbocycles. The van der Waals surface area contributed by atoms with Gasteiger partial charge in [0.15, 0.2) is 0 Å². The van der Waals surface area contributed by atoms with Crippen LogP contribution in [0.3, 0.4) is 0 Å². The first-order valence-electron chi connectivity index (χ1n) is 6.59. The Morgan fingerprint density at radius 3 is 2.40 bits per heavy atom. The second-order valence-corrected chi connectivity index (χ2v) is 6.72. The second kappa shape index (κ2) is 5.26. The molecule has 2 rings (SSSR count). The van der Waals surface area contributed by atoms with Gasteiger partial charge in [-0.1, -0.05) is 11.6 Å². The summed E-state index contributed by atoms with van der Waals surface area (Å²) in [5.41, 5.74) is -0.0655. The monoisotopic (exact) mass is 297 g/mol. The number of anilines is 1. The lowest BCUT2D eigenvalue weighted by Gasteiger charge is -2.28. The van der Waals surface area contributed by atoms with Crippen molar-refractivity contribution in [1.82, 2.24) is 0 Å². The van der Waals surface area contributed by atoms with Crippen molar-refractivity contribution < 1.29 is 14.3 Å². The van der Waals surface area contributed by atoms with Crippen LogP contribution in [0.1, 0.15) is 27.7 Å². The van der Waals surface area contributed by atoms with Crippen LogP contribution in [0.15, 0.2) is 24.3 Å². The molecule has 0 bridgehead atoms. The summed E-state index contributed by atoms with van der Waals surface area (Å²) in [7, 11) is 0. The molecule has 1 heterocycles. The van der Waals surface area contributed by atoms with Gasteiger partial charge in [-0.3, -0.25) is 4.90 Å². The number of carbonyl (C=O) groups is 1. The standard InChI is InChI=1S/C15H20ClNO3/c1-14(2,3)20-13(18)17(9-15(4)10-19-15)12-7-5-11(16)6-8-12/h5-8H,9-10H2,1-4H3.